The molecule has 0 amide bonds. The van der Waals surface area contributed by atoms with Gasteiger partial charge in [0.05, 0.1) is 19.0 Å². The molecule has 0 radical (unpaired) electrons. The van der Waals surface area contributed by atoms with Gasteiger partial charge in [-0.25, -0.2) is 4.98 Å². The van der Waals surface area contributed by atoms with Crippen molar-refractivity contribution in [3.63, 3.8) is 0 Å². The summed E-state index contributed by atoms with van der Waals surface area (Å²) in [5.41, 5.74) is 3.00. The molecule has 0 bridgehead atoms. The van der Waals surface area contributed by atoms with E-state index in [0.717, 1.165) is 17.6 Å². The van der Waals surface area contributed by atoms with Crippen LogP contribution in [0.15, 0.2) is 12.4 Å². The van der Waals surface area contributed by atoms with Crippen molar-refractivity contribution in [2.45, 2.75) is 26.2 Å². The molecule has 0 fully saturated rings. The van der Waals surface area contributed by atoms with E-state index in [2.05, 4.69) is 21.9 Å². The summed E-state index contributed by atoms with van der Waals surface area (Å²) < 4.78 is 5.15. The largest absolute Gasteiger partial charge is 0.481 e. The van der Waals surface area contributed by atoms with Crippen LogP contribution >= 0.6 is 0 Å². The molecule has 0 unspecified atom stereocenters. The van der Waals surface area contributed by atoms with Crippen LogP contribution in [0, 0.1) is 0 Å². The van der Waals surface area contributed by atoms with Crippen LogP contribution < -0.4 is 4.74 Å². The quantitative estimate of drug-likeness (QED) is 0.833. The van der Waals surface area contributed by atoms with E-state index < -0.39 is 0 Å². The number of rotatable bonds is 4. The molecule has 2 aromatic rings. The Morgan fingerprint density at radius 3 is 3.07 bits per heavy atom. The monoisotopic (exact) mass is 205 g/mol. The minimum atomic E-state index is 0.640. The Labute approximate surface area is 88.7 Å². The first-order valence-electron chi connectivity index (χ1n) is 5.22. The number of hydrogen-bond donors (Lipinski definition) is 1. The fraction of sp³-hybridized carbons (Fsp3) is 0.455. The highest BCUT2D eigenvalue weighted by Crippen LogP contribution is 2.20. The van der Waals surface area contributed by atoms with Crippen LogP contribution in [0.5, 0.6) is 5.88 Å². The van der Waals surface area contributed by atoms with Crippen LogP contribution in [0.4, 0.5) is 0 Å². The van der Waals surface area contributed by atoms with Crippen LogP contribution in [0.3, 0.4) is 0 Å². The Balaban J connectivity index is 2.43. The maximum Gasteiger partial charge on any atom is 0.215 e. The molecule has 0 saturated heterocycles. The molecular formula is C11H15N3O. The molecule has 0 aliphatic rings. The van der Waals surface area contributed by atoms with Gasteiger partial charge < -0.3 is 9.72 Å². The number of nitrogens with one attached hydrogen (secondary N) is 1. The van der Waals surface area contributed by atoms with Crippen molar-refractivity contribution >= 4 is 11.2 Å². The van der Waals surface area contributed by atoms with E-state index in [1.807, 2.05) is 6.07 Å². The van der Waals surface area contributed by atoms with Gasteiger partial charge in [-0.05, 0) is 18.4 Å². The molecule has 0 spiro atoms. The minimum absolute atomic E-state index is 0.640. The topological polar surface area (TPSA) is 50.8 Å². The van der Waals surface area contributed by atoms with Crippen LogP contribution in [0.2, 0.25) is 0 Å². The highest BCUT2D eigenvalue weighted by atomic mass is 16.5. The van der Waals surface area contributed by atoms with E-state index in [4.69, 9.17) is 4.74 Å². The van der Waals surface area contributed by atoms with Gasteiger partial charge in [0.15, 0.2) is 5.65 Å². The normalized spacial score (nSPS) is 10.8. The van der Waals surface area contributed by atoms with Crippen LogP contribution in [0.1, 0.15) is 25.3 Å². The van der Waals surface area contributed by atoms with E-state index in [1.165, 1.54) is 18.4 Å². The molecule has 0 aromatic carbocycles. The predicted molar refractivity (Wildman–Crippen MR) is 59.1 cm³/mol. The number of aromatic nitrogens is 3. The second-order valence-corrected chi connectivity index (χ2v) is 3.53. The van der Waals surface area contributed by atoms with Gasteiger partial charge in [-0.15, -0.1) is 0 Å². The van der Waals surface area contributed by atoms with Gasteiger partial charge in [-0.1, -0.05) is 13.3 Å². The van der Waals surface area contributed by atoms with Crippen LogP contribution in [0.25, 0.3) is 11.2 Å². The van der Waals surface area contributed by atoms with E-state index in [0.29, 0.717) is 5.88 Å². The highest BCUT2D eigenvalue weighted by Gasteiger charge is 2.07. The van der Waals surface area contributed by atoms with Crippen molar-refractivity contribution in [2.24, 2.45) is 0 Å². The fourth-order valence-electron chi connectivity index (χ4n) is 1.63. The van der Waals surface area contributed by atoms with Crippen molar-refractivity contribution in [1.82, 2.24) is 15.0 Å². The summed E-state index contributed by atoms with van der Waals surface area (Å²) in [6.07, 6.45) is 5.06. The third-order valence-corrected chi connectivity index (χ3v) is 2.46. The van der Waals surface area contributed by atoms with E-state index in [-0.39, 0.29) is 0 Å². The van der Waals surface area contributed by atoms with Gasteiger partial charge in [0.1, 0.15) is 0 Å². The number of methoxy groups -OCH3 is 1. The van der Waals surface area contributed by atoms with Crippen LogP contribution in [-0.4, -0.2) is 22.1 Å². The lowest BCUT2D eigenvalue weighted by Crippen LogP contribution is -1.93. The number of unbranched alkanes of at least 4 members (excludes halogenated alkanes) is 1. The zero-order valence-electron chi connectivity index (χ0n) is 9.08. The number of fused-ring (bicyclic) bond motifs is 1. The first-order valence-corrected chi connectivity index (χ1v) is 5.22. The number of aryl methyl sites for hydroxylation is 1. The molecule has 80 valence electrons. The molecule has 15 heavy (non-hydrogen) atoms. The fourth-order valence-corrected chi connectivity index (χ4v) is 1.63. The van der Waals surface area contributed by atoms with Gasteiger partial charge in [0, 0.05) is 6.07 Å². The van der Waals surface area contributed by atoms with E-state index in [1.54, 1.807) is 13.4 Å². The Bertz CT molecular complexity index is 450. The first kappa shape index (κ1) is 9.96. The van der Waals surface area contributed by atoms with E-state index >= 15 is 0 Å². The van der Waals surface area contributed by atoms with Crippen molar-refractivity contribution in [3.8, 4) is 5.88 Å². The van der Waals surface area contributed by atoms with Gasteiger partial charge in [0.25, 0.3) is 0 Å². The number of hydrogen-bond acceptors (Lipinski definition) is 3. The minimum Gasteiger partial charge on any atom is -0.481 e. The number of H-pyrrole nitrogens is 1. The summed E-state index contributed by atoms with van der Waals surface area (Å²) in [4.78, 5) is 11.5. The molecule has 2 heterocycles. The van der Waals surface area contributed by atoms with Crippen LogP contribution in [-0.2, 0) is 6.42 Å². The summed E-state index contributed by atoms with van der Waals surface area (Å²) in [5.74, 6) is 0.640. The summed E-state index contributed by atoms with van der Waals surface area (Å²) in [7, 11) is 1.63. The third-order valence-electron chi connectivity index (χ3n) is 2.46. The second-order valence-electron chi connectivity index (χ2n) is 3.53. The molecule has 0 atom stereocenters. The van der Waals surface area contributed by atoms with Crippen molar-refractivity contribution in [3.05, 3.63) is 18.0 Å². The van der Waals surface area contributed by atoms with Gasteiger partial charge in [-0.3, -0.25) is 0 Å². The number of ether oxygens (including phenoxy) is 1. The van der Waals surface area contributed by atoms with Crippen molar-refractivity contribution < 1.29 is 4.74 Å². The lowest BCUT2D eigenvalue weighted by molar-refractivity contribution is 0.399. The maximum absolute atomic E-state index is 5.15. The van der Waals surface area contributed by atoms with E-state index in [9.17, 15) is 0 Å². The average molecular weight is 205 g/mol. The second kappa shape index (κ2) is 4.29. The summed E-state index contributed by atoms with van der Waals surface area (Å²) >= 11 is 0. The molecule has 2 rings (SSSR count). The molecular weight excluding hydrogens is 190 g/mol. The SMILES string of the molecule is CCCCc1cc(OC)nc2nc[nH]c12. The summed E-state index contributed by atoms with van der Waals surface area (Å²) in [6.45, 7) is 2.18. The molecule has 4 nitrogen and oxygen atoms in total. The van der Waals surface area contributed by atoms with Crippen molar-refractivity contribution in [2.75, 3.05) is 7.11 Å². The van der Waals surface area contributed by atoms with Gasteiger partial charge >= 0.3 is 0 Å². The summed E-state index contributed by atoms with van der Waals surface area (Å²) in [5, 5.41) is 0. The molecule has 1 N–H and O–H groups in total. The first-order chi connectivity index (χ1) is 7.35. The van der Waals surface area contributed by atoms with Crippen molar-refractivity contribution in [1.29, 1.82) is 0 Å². The summed E-state index contributed by atoms with van der Waals surface area (Å²) in [6, 6.07) is 1.98. The molecule has 0 saturated carbocycles. The smallest absolute Gasteiger partial charge is 0.215 e. The Morgan fingerprint density at radius 2 is 2.33 bits per heavy atom. The van der Waals surface area contributed by atoms with Gasteiger partial charge in [0.2, 0.25) is 5.88 Å². The lowest BCUT2D eigenvalue weighted by atomic mass is 10.1. The zero-order chi connectivity index (χ0) is 10.7. The molecule has 4 heteroatoms. The molecule has 0 aliphatic carbocycles. The maximum atomic E-state index is 5.15. The average Bonchev–Trinajstić information content (AvgIpc) is 2.73. The Morgan fingerprint density at radius 1 is 1.47 bits per heavy atom. The lowest BCUT2D eigenvalue weighted by Gasteiger charge is -2.04. The Hall–Kier alpha value is -1.58. The predicted octanol–water partition coefficient (Wildman–Crippen LogP) is 2.31. The standard InChI is InChI=1S/C11H15N3O/c1-3-4-5-8-6-9(15-2)14-11-10(8)12-7-13-11/h6-7H,3-5H2,1-2H3,(H,12,13,14). The Kier molecular flexibility index (Phi) is 2.85. The highest BCUT2D eigenvalue weighted by molar-refractivity contribution is 5.75. The number of pyridine rings is 1. The third kappa shape index (κ3) is 1.93. The number of nitrogens with zero attached hydrogens (tertiary/aromatic N) is 2. The number of imidazole rings is 1. The molecule has 0 aliphatic heterocycles. The number of aromatic amines is 1. The molecule has 2 aromatic heterocycles. The van der Waals surface area contributed by atoms with Gasteiger partial charge in [-0.2, -0.15) is 4.98 Å². The zero-order valence-corrected chi connectivity index (χ0v) is 9.08.